The Labute approximate surface area is 163 Å². The number of rotatable bonds is 9. The summed E-state index contributed by atoms with van der Waals surface area (Å²) in [5.74, 6) is 1.06. The van der Waals surface area contributed by atoms with Gasteiger partial charge in [-0.05, 0) is 36.8 Å². The molecule has 0 unspecified atom stereocenters. The highest BCUT2D eigenvalue weighted by Gasteiger charge is 2.17. The normalized spacial score (nSPS) is 10.8. The molecule has 3 N–H and O–H groups in total. The van der Waals surface area contributed by atoms with Crippen LogP contribution in [0.1, 0.15) is 28.5 Å². The average molecular weight is 384 g/mol. The van der Waals surface area contributed by atoms with Gasteiger partial charge in [-0.1, -0.05) is 6.07 Å². The molecule has 3 rings (SSSR count). The lowest BCUT2D eigenvalue weighted by Crippen LogP contribution is -2.15. The van der Waals surface area contributed by atoms with E-state index in [0.29, 0.717) is 42.5 Å². The molecule has 1 aromatic heterocycles. The van der Waals surface area contributed by atoms with Crippen molar-refractivity contribution in [2.24, 2.45) is 0 Å². The number of benzene rings is 2. The summed E-state index contributed by atoms with van der Waals surface area (Å²) in [4.78, 5) is 14.6. The lowest BCUT2D eigenvalue weighted by molar-refractivity contribution is 0.0690. The Morgan fingerprint density at radius 3 is 2.57 bits per heavy atom. The summed E-state index contributed by atoms with van der Waals surface area (Å²) in [6.45, 7) is 3.44. The largest absolute Gasteiger partial charge is 0.497 e. The SMILES string of the molecule is CCOc1cc(CNCc2c(C(=O)O)[nH]c3cc(OC)ccc23)ccc1OC. The van der Waals surface area contributed by atoms with Crippen LogP contribution in [-0.2, 0) is 13.1 Å². The number of carboxylic acids is 1. The van der Waals surface area contributed by atoms with Gasteiger partial charge in [0.25, 0.3) is 0 Å². The van der Waals surface area contributed by atoms with Crippen LogP contribution in [0.4, 0.5) is 0 Å². The molecule has 0 fully saturated rings. The second kappa shape index (κ2) is 8.67. The first-order valence-corrected chi connectivity index (χ1v) is 8.99. The van der Waals surface area contributed by atoms with Gasteiger partial charge < -0.3 is 29.6 Å². The Hall–Kier alpha value is -3.19. The highest BCUT2D eigenvalue weighted by atomic mass is 16.5. The number of nitrogens with one attached hydrogen (secondary N) is 2. The number of methoxy groups -OCH3 is 2. The van der Waals surface area contributed by atoms with E-state index in [1.807, 2.05) is 37.3 Å². The Balaban J connectivity index is 1.79. The minimum Gasteiger partial charge on any atom is -0.497 e. The summed E-state index contributed by atoms with van der Waals surface area (Å²) in [5.41, 5.74) is 2.64. The van der Waals surface area contributed by atoms with E-state index in [1.54, 1.807) is 20.3 Å². The fourth-order valence-electron chi connectivity index (χ4n) is 3.16. The molecule has 7 heteroatoms. The van der Waals surface area contributed by atoms with Crippen LogP contribution in [-0.4, -0.2) is 36.9 Å². The molecule has 3 aromatic rings. The number of carboxylic acid groups (broad SMARTS) is 1. The van der Waals surface area contributed by atoms with Gasteiger partial charge >= 0.3 is 5.97 Å². The van der Waals surface area contributed by atoms with Crippen LogP contribution >= 0.6 is 0 Å². The van der Waals surface area contributed by atoms with E-state index in [2.05, 4.69) is 10.3 Å². The lowest BCUT2D eigenvalue weighted by Gasteiger charge is -2.12. The number of fused-ring (bicyclic) bond motifs is 1. The third-order valence-corrected chi connectivity index (χ3v) is 4.49. The highest BCUT2D eigenvalue weighted by Crippen LogP contribution is 2.29. The number of hydrogen-bond donors (Lipinski definition) is 3. The van der Waals surface area contributed by atoms with Crippen molar-refractivity contribution in [2.45, 2.75) is 20.0 Å². The molecule has 148 valence electrons. The van der Waals surface area contributed by atoms with Gasteiger partial charge in [0.05, 0.1) is 26.3 Å². The number of aromatic amines is 1. The zero-order valence-electron chi connectivity index (χ0n) is 16.2. The number of carbonyl (C=O) groups is 1. The third-order valence-electron chi connectivity index (χ3n) is 4.49. The summed E-state index contributed by atoms with van der Waals surface area (Å²) >= 11 is 0. The van der Waals surface area contributed by atoms with E-state index in [0.717, 1.165) is 16.5 Å². The van der Waals surface area contributed by atoms with Gasteiger partial charge in [0.15, 0.2) is 11.5 Å². The maximum absolute atomic E-state index is 11.6. The number of H-pyrrole nitrogens is 1. The van der Waals surface area contributed by atoms with E-state index < -0.39 is 5.97 Å². The van der Waals surface area contributed by atoms with E-state index in [1.165, 1.54) is 0 Å². The molecule has 0 aliphatic rings. The van der Waals surface area contributed by atoms with Gasteiger partial charge in [-0.3, -0.25) is 0 Å². The molecule has 0 atom stereocenters. The van der Waals surface area contributed by atoms with E-state index in [9.17, 15) is 9.90 Å². The van der Waals surface area contributed by atoms with Crippen molar-refractivity contribution < 1.29 is 24.1 Å². The maximum Gasteiger partial charge on any atom is 0.352 e. The van der Waals surface area contributed by atoms with Gasteiger partial charge in [0, 0.05) is 30.1 Å². The van der Waals surface area contributed by atoms with Crippen molar-refractivity contribution in [2.75, 3.05) is 20.8 Å². The number of ether oxygens (including phenoxy) is 3. The molecule has 0 bridgehead atoms. The van der Waals surface area contributed by atoms with Crippen molar-refractivity contribution in [3.05, 3.63) is 53.2 Å². The van der Waals surface area contributed by atoms with E-state index in [-0.39, 0.29) is 5.69 Å². The van der Waals surface area contributed by atoms with Gasteiger partial charge in [-0.2, -0.15) is 0 Å². The molecule has 0 spiro atoms. The van der Waals surface area contributed by atoms with Crippen molar-refractivity contribution in [3.8, 4) is 17.2 Å². The zero-order valence-corrected chi connectivity index (χ0v) is 16.2. The van der Waals surface area contributed by atoms with Gasteiger partial charge in [-0.25, -0.2) is 4.79 Å². The Bertz CT molecular complexity index is 980. The van der Waals surface area contributed by atoms with Crippen LogP contribution in [0.25, 0.3) is 10.9 Å². The van der Waals surface area contributed by atoms with Gasteiger partial charge in [0.1, 0.15) is 11.4 Å². The molecule has 7 nitrogen and oxygen atoms in total. The van der Waals surface area contributed by atoms with E-state index in [4.69, 9.17) is 14.2 Å². The summed E-state index contributed by atoms with van der Waals surface area (Å²) in [6.07, 6.45) is 0. The van der Waals surface area contributed by atoms with Crippen LogP contribution in [0.3, 0.4) is 0 Å². The molecule has 0 radical (unpaired) electrons. The fourth-order valence-corrected chi connectivity index (χ4v) is 3.16. The van der Waals surface area contributed by atoms with Crippen LogP contribution < -0.4 is 19.5 Å². The number of hydrogen-bond acceptors (Lipinski definition) is 5. The van der Waals surface area contributed by atoms with Crippen molar-refractivity contribution in [1.29, 1.82) is 0 Å². The van der Waals surface area contributed by atoms with Crippen LogP contribution in [0.2, 0.25) is 0 Å². The molecule has 0 aliphatic carbocycles. The lowest BCUT2D eigenvalue weighted by atomic mass is 10.1. The third kappa shape index (κ3) is 4.04. The Morgan fingerprint density at radius 2 is 1.89 bits per heavy atom. The monoisotopic (exact) mass is 384 g/mol. The molecule has 1 heterocycles. The molecule has 0 amide bonds. The van der Waals surface area contributed by atoms with Gasteiger partial charge in [-0.15, -0.1) is 0 Å². The standard InChI is InChI=1S/C21H24N2O5/c1-4-28-19-9-13(5-8-18(19)27-3)11-22-12-16-15-7-6-14(26-2)10-17(15)23-20(16)21(24)25/h5-10,22-23H,4,11-12H2,1-3H3,(H,24,25). The van der Waals surface area contributed by atoms with Crippen molar-refractivity contribution >= 4 is 16.9 Å². The smallest absolute Gasteiger partial charge is 0.352 e. The second-order valence-electron chi connectivity index (χ2n) is 6.22. The minimum atomic E-state index is -0.991. The predicted molar refractivity (Wildman–Crippen MR) is 107 cm³/mol. The average Bonchev–Trinajstić information content (AvgIpc) is 3.06. The van der Waals surface area contributed by atoms with Crippen LogP contribution in [0, 0.1) is 0 Å². The quantitative estimate of drug-likeness (QED) is 0.522. The van der Waals surface area contributed by atoms with Crippen molar-refractivity contribution in [3.63, 3.8) is 0 Å². The fraction of sp³-hybridized carbons (Fsp3) is 0.286. The summed E-state index contributed by atoms with van der Waals surface area (Å²) in [7, 11) is 3.19. The van der Waals surface area contributed by atoms with Gasteiger partial charge in [0.2, 0.25) is 0 Å². The minimum absolute atomic E-state index is 0.181. The van der Waals surface area contributed by atoms with Crippen LogP contribution in [0.15, 0.2) is 36.4 Å². The molecule has 0 saturated carbocycles. The molecule has 2 aromatic carbocycles. The first-order valence-electron chi connectivity index (χ1n) is 8.99. The van der Waals surface area contributed by atoms with Crippen LogP contribution in [0.5, 0.6) is 17.2 Å². The zero-order chi connectivity index (χ0) is 20.1. The number of aromatic carboxylic acids is 1. The Kier molecular flexibility index (Phi) is 6.06. The summed E-state index contributed by atoms with van der Waals surface area (Å²) in [5, 5.41) is 13.7. The first kappa shape index (κ1) is 19.6. The first-order chi connectivity index (χ1) is 13.6. The molecule has 0 aliphatic heterocycles. The molecular weight excluding hydrogens is 360 g/mol. The topological polar surface area (TPSA) is 92.8 Å². The second-order valence-corrected chi connectivity index (χ2v) is 6.22. The summed E-state index contributed by atoms with van der Waals surface area (Å²) in [6, 6.07) is 11.2. The van der Waals surface area contributed by atoms with E-state index >= 15 is 0 Å². The summed E-state index contributed by atoms with van der Waals surface area (Å²) < 4.78 is 16.1. The predicted octanol–water partition coefficient (Wildman–Crippen LogP) is 3.57. The molecule has 0 saturated heterocycles. The molecular formula is C21H24N2O5. The number of aromatic nitrogens is 1. The molecule has 28 heavy (non-hydrogen) atoms. The van der Waals surface area contributed by atoms with Crippen molar-refractivity contribution in [1.82, 2.24) is 10.3 Å². The highest BCUT2D eigenvalue weighted by molar-refractivity contribution is 5.97. The maximum atomic E-state index is 11.6. The Morgan fingerprint density at radius 1 is 1.07 bits per heavy atom.